The average molecular weight is 135 g/mol. The molecule has 2 unspecified atom stereocenters. The molecule has 2 N–H and O–H groups in total. The van der Waals surface area contributed by atoms with Crippen LogP contribution in [0.2, 0.25) is 0 Å². The van der Waals surface area contributed by atoms with E-state index in [1.807, 2.05) is 9.47 Å². The smallest absolute Gasteiger partial charge is 0.309 e. The summed E-state index contributed by atoms with van der Waals surface area (Å²) in [6.07, 6.45) is 0.281. The Hall–Kier alpha value is -0.140. The van der Waals surface area contributed by atoms with Gasteiger partial charge in [0.05, 0.1) is 15.9 Å². The number of hydrogen-bond donors (Lipinski definition) is 1. The van der Waals surface area contributed by atoms with Crippen molar-refractivity contribution in [3.8, 4) is 0 Å². The number of carbonyl (C=O) groups is 1. The highest BCUT2D eigenvalue weighted by Crippen LogP contribution is 1.93. The fourth-order valence-electron chi connectivity index (χ4n) is 0.311. The van der Waals surface area contributed by atoms with E-state index >= 15 is 0 Å². The summed E-state index contributed by atoms with van der Waals surface area (Å²) >= 11 is 0. The number of rotatable bonds is 2. The molecule has 0 amide bonds. The van der Waals surface area contributed by atoms with Gasteiger partial charge in [-0.25, -0.2) is 0 Å². The second-order valence-corrected chi connectivity index (χ2v) is 1.91. The third-order valence-corrected chi connectivity index (χ3v) is 0.883. The number of hydrogen-bond acceptors (Lipinski definition) is 3. The number of carbonyl (C=O) groups excluding carboxylic acids is 1. The van der Waals surface area contributed by atoms with E-state index in [-0.39, 0.29) is 18.4 Å². The van der Waals surface area contributed by atoms with E-state index in [4.69, 9.17) is 5.73 Å². The lowest BCUT2D eigenvalue weighted by atomic mass is 10.3. The molecule has 8 heavy (non-hydrogen) atoms. The lowest BCUT2D eigenvalue weighted by molar-refractivity contribution is -0.133. The quantitative estimate of drug-likeness (QED) is 0.544. The van der Waals surface area contributed by atoms with Crippen molar-refractivity contribution in [3.05, 3.63) is 0 Å². The maximum Gasteiger partial charge on any atom is 0.309 e. The highest BCUT2D eigenvalue weighted by Gasteiger charge is 2.02. The molecule has 0 rings (SSSR count). The summed E-state index contributed by atoms with van der Waals surface area (Å²) in [5, 5.41) is 0. The molecule has 0 fully saturated rings. The zero-order chi connectivity index (χ0) is 6.57. The van der Waals surface area contributed by atoms with Gasteiger partial charge in [-0.1, -0.05) is 0 Å². The molecule has 0 aliphatic rings. The van der Waals surface area contributed by atoms with Gasteiger partial charge in [0, 0.05) is 6.04 Å². The predicted octanol–water partition coefficient (Wildman–Crippen LogP) is 0.0570. The summed E-state index contributed by atoms with van der Waals surface area (Å²) in [5.74, 6) is -0.287. The molecule has 0 saturated heterocycles. The van der Waals surface area contributed by atoms with Crippen LogP contribution in [0.4, 0.5) is 0 Å². The molecular weight excluding hydrogens is 125 g/mol. The van der Waals surface area contributed by atoms with E-state index < -0.39 is 0 Å². The molecule has 0 heterocycles. The Bertz CT molecular complexity index is 84.1. The SMILES string of the molecule is CC(N)CC(=O)OP. The van der Waals surface area contributed by atoms with E-state index in [2.05, 4.69) is 4.52 Å². The van der Waals surface area contributed by atoms with Gasteiger partial charge in [-0.3, -0.25) is 4.79 Å². The minimum atomic E-state index is -0.287. The van der Waals surface area contributed by atoms with Gasteiger partial charge >= 0.3 is 5.97 Å². The fraction of sp³-hybridized carbons (Fsp3) is 0.750. The summed E-state index contributed by atoms with van der Waals surface area (Å²) in [7, 11) is 1.88. The van der Waals surface area contributed by atoms with Gasteiger partial charge in [0.1, 0.15) is 0 Å². The second-order valence-electron chi connectivity index (χ2n) is 1.67. The first-order valence-corrected chi connectivity index (χ1v) is 2.79. The Kier molecular flexibility index (Phi) is 3.75. The highest BCUT2D eigenvalue weighted by atomic mass is 31.0. The van der Waals surface area contributed by atoms with Crippen LogP contribution in [0, 0.1) is 0 Å². The molecule has 0 aromatic heterocycles. The Morgan fingerprint density at radius 1 is 2.00 bits per heavy atom. The van der Waals surface area contributed by atoms with Crippen molar-refractivity contribution in [1.29, 1.82) is 0 Å². The van der Waals surface area contributed by atoms with Crippen molar-refractivity contribution in [2.45, 2.75) is 19.4 Å². The van der Waals surface area contributed by atoms with Crippen LogP contribution in [0.5, 0.6) is 0 Å². The van der Waals surface area contributed by atoms with Crippen LogP contribution in [0.15, 0.2) is 0 Å². The summed E-state index contributed by atoms with van der Waals surface area (Å²) in [6.45, 7) is 1.75. The lowest BCUT2D eigenvalue weighted by Crippen LogP contribution is -2.19. The molecule has 0 saturated carbocycles. The zero-order valence-electron chi connectivity index (χ0n) is 4.76. The number of nitrogens with two attached hydrogens (primary N) is 1. The van der Waals surface area contributed by atoms with Crippen molar-refractivity contribution < 1.29 is 9.32 Å². The van der Waals surface area contributed by atoms with E-state index in [1.165, 1.54) is 0 Å². The monoisotopic (exact) mass is 135 g/mol. The molecular formula is C4H10NO2P. The van der Waals surface area contributed by atoms with Crippen molar-refractivity contribution in [1.82, 2.24) is 0 Å². The van der Waals surface area contributed by atoms with Gasteiger partial charge < -0.3 is 10.3 Å². The first-order valence-electron chi connectivity index (χ1n) is 2.32. The molecule has 3 nitrogen and oxygen atoms in total. The van der Waals surface area contributed by atoms with Crippen molar-refractivity contribution in [2.24, 2.45) is 5.73 Å². The van der Waals surface area contributed by atoms with Gasteiger partial charge in [-0.05, 0) is 6.92 Å². The molecule has 0 aromatic carbocycles. The third-order valence-electron chi connectivity index (χ3n) is 0.620. The summed E-state index contributed by atoms with van der Waals surface area (Å²) < 4.78 is 4.26. The largest absolute Gasteiger partial charge is 0.451 e. The Morgan fingerprint density at radius 2 is 2.50 bits per heavy atom. The second kappa shape index (κ2) is 3.81. The van der Waals surface area contributed by atoms with Crippen LogP contribution < -0.4 is 5.73 Å². The summed E-state index contributed by atoms with van der Waals surface area (Å²) in [6, 6.07) is -0.108. The van der Waals surface area contributed by atoms with Crippen LogP contribution in [-0.2, 0) is 9.32 Å². The molecule has 0 aliphatic carbocycles. The molecule has 0 aliphatic heterocycles. The molecule has 0 spiro atoms. The maximum atomic E-state index is 10.3. The van der Waals surface area contributed by atoms with Crippen LogP contribution >= 0.6 is 9.47 Å². The summed E-state index contributed by atoms with van der Waals surface area (Å²) in [4.78, 5) is 10.3. The normalized spacial score (nSPS) is 12.9. The Morgan fingerprint density at radius 3 is 2.62 bits per heavy atom. The molecule has 2 atom stereocenters. The zero-order valence-corrected chi connectivity index (χ0v) is 5.91. The van der Waals surface area contributed by atoms with Crippen LogP contribution in [0.1, 0.15) is 13.3 Å². The van der Waals surface area contributed by atoms with Gasteiger partial charge in [0.15, 0.2) is 0 Å². The fourth-order valence-corrected chi connectivity index (χ4v) is 0.407. The average Bonchev–Trinajstić information content (AvgIpc) is 1.65. The first-order chi connectivity index (χ1) is 3.66. The summed E-state index contributed by atoms with van der Waals surface area (Å²) in [5.41, 5.74) is 5.26. The van der Waals surface area contributed by atoms with E-state index in [9.17, 15) is 4.79 Å². The van der Waals surface area contributed by atoms with Gasteiger partial charge in [-0.15, -0.1) is 0 Å². The standard InChI is InChI=1S/C4H10NO2P/c1-3(5)2-4(6)7-8/h3H,2,5,8H2,1H3. The molecule has 0 bridgehead atoms. The van der Waals surface area contributed by atoms with Gasteiger partial charge in [0.2, 0.25) is 0 Å². The van der Waals surface area contributed by atoms with Crippen molar-refractivity contribution in [2.75, 3.05) is 0 Å². The third kappa shape index (κ3) is 4.03. The van der Waals surface area contributed by atoms with Crippen LogP contribution in [-0.4, -0.2) is 12.0 Å². The highest BCUT2D eigenvalue weighted by molar-refractivity contribution is 7.10. The lowest BCUT2D eigenvalue weighted by Gasteiger charge is -1.99. The topological polar surface area (TPSA) is 52.3 Å². The maximum absolute atomic E-state index is 10.3. The van der Waals surface area contributed by atoms with E-state index in [0.717, 1.165) is 0 Å². The van der Waals surface area contributed by atoms with Crippen molar-refractivity contribution >= 4 is 15.4 Å². The predicted molar refractivity (Wildman–Crippen MR) is 34.1 cm³/mol. The van der Waals surface area contributed by atoms with Gasteiger partial charge in [0.25, 0.3) is 0 Å². The van der Waals surface area contributed by atoms with Gasteiger partial charge in [-0.2, -0.15) is 0 Å². The minimum Gasteiger partial charge on any atom is -0.451 e. The first kappa shape index (κ1) is 7.86. The van der Waals surface area contributed by atoms with E-state index in [0.29, 0.717) is 0 Å². The Labute approximate surface area is 50.9 Å². The molecule has 0 radical (unpaired) electrons. The molecule has 4 heteroatoms. The molecule has 0 aromatic rings. The van der Waals surface area contributed by atoms with E-state index in [1.54, 1.807) is 6.92 Å². The van der Waals surface area contributed by atoms with Crippen molar-refractivity contribution in [3.63, 3.8) is 0 Å². The van der Waals surface area contributed by atoms with Crippen LogP contribution in [0.3, 0.4) is 0 Å². The van der Waals surface area contributed by atoms with Crippen LogP contribution in [0.25, 0.3) is 0 Å². The minimum absolute atomic E-state index is 0.108. The molecule has 48 valence electrons. The Balaban J connectivity index is 3.25.